The molecular weight excluding hydrogens is 129 g/mol. The zero-order valence-corrected chi connectivity index (χ0v) is 7.68. The van der Waals surface area contributed by atoms with E-state index in [1.807, 2.05) is 0 Å². The maximum Gasteiger partial charge on any atom is 0.320 e. The molecule has 0 fully saturated rings. The molecule has 0 aliphatic carbocycles. The molecule has 4 heteroatoms. The van der Waals surface area contributed by atoms with E-state index >= 15 is 0 Å². The number of rotatable bonds is 2. The largest absolute Gasteiger partial charge is 0.465 e. The summed E-state index contributed by atoms with van der Waals surface area (Å²) in [4.78, 5) is 10.2. The Morgan fingerprint density at radius 1 is 1.78 bits per heavy atom. The van der Waals surface area contributed by atoms with E-state index in [0.717, 1.165) is 0 Å². The third kappa shape index (κ3) is 7.96. The van der Waals surface area contributed by atoms with Gasteiger partial charge >= 0.3 is 5.97 Å². The van der Waals surface area contributed by atoms with Gasteiger partial charge in [0.2, 0.25) is 0 Å². The predicted molar refractivity (Wildman–Crippen MR) is 32.6 cm³/mol. The van der Waals surface area contributed by atoms with E-state index in [4.69, 9.17) is 5.26 Å². The summed E-state index contributed by atoms with van der Waals surface area (Å²) in [6, 6.07) is 1.68. The van der Waals surface area contributed by atoms with Crippen LogP contribution in [0.3, 0.4) is 0 Å². The van der Waals surface area contributed by atoms with Gasteiger partial charge in [-0.05, 0) is 6.92 Å². The molecule has 0 aliphatic rings. The number of ether oxygens (including phenoxy) is 1. The van der Waals surface area contributed by atoms with Gasteiger partial charge in [0.05, 0.1) is 12.7 Å². The zero-order valence-electron chi connectivity index (χ0n) is 5.68. The number of carbonyl (C=O) groups is 1. The number of hydrogen-bond donors (Lipinski definition) is 0. The van der Waals surface area contributed by atoms with Gasteiger partial charge in [-0.2, -0.15) is 5.26 Å². The molecule has 0 spiro atoms. The van der Waals surface area contributed by atoms with E-state index in [-0.39, 0.29) is 36.0 Å². The van der Waals surface area contributed by atoms with Gasteiger partial charge in [-0.3, -0.25) is 4.79 Å². The molecule has 0 bridgehead atoms. The number of hydrogen-bond acceptors (Lipinski definition) is 3. The molecule has 0 saturated heterocycles. The van der Waals surface area contributed by atoms with Crippen LogP contribution >= 0.6 is 0 Å². The van der Waals surface area contributed by atoms with Crippen molar-refractivity contribution >= 4 is 35.5 Å². The Morgan fingerprint density at radius 3 is 2.67 bits per heavy atom. The summed E-state index contributed by atoms with van der Waals surface area (Å²) in [6.07, 6.45) is -0.145. The van der Waals surface area contributed by atoms with Crippen molar-refractivity contribution in [1.82, 2.24) is 0 Å². The monoisotopic (exact) mass is 136 g/mol. The Balaban J connectivity index is 0. The van der Waals surface area contributed by atoms with Crippen molar-refractivity contribution < 1.29 is 9.53 Å². The minimum absolute atomic E-state index is 0. The average molecular weight is 136 g/mol. The molecule has 3 nitrogen and oxygen atoms in total. The molecule has 0 heterocycles. The first-order valence-corrected chi connectivity index (χ1v) is 2.33. The third-order valence-corrected chi connectivity index (χ3v) is 0.529. The Kier molecular flexibility index (Phi) is 10.4. The predicted octanol–water partition coefficient (Wildman–Crippen LogP) is 0.0824. The van der Waals surface area contributed by atoms with Crippen LogP contribution in [0.15, 0.2) is 0 Å². The van der Waals surface area contributed by atoms with Crippen LogP contribution in [0.2, 0.25) is 0 Å². The van der Waals surface area contributed by atoms with E-state index in [1.165, 1.54) is 0 Å². The molecule has 0 aliphatic heterocycles. The fraction of sp³-hybridized carbons (Fsp3) is 0.600. The molecule has 0 atom stereocenters. The second-order valence-corrected chi connectivity index (χ2v) is 1.14. The first-order chi connectivity index (χ1) is 3.81. The number of esters is 1. The average Bonchev–Trinajstić information content (AvgIpc) is 1.68. The van der Waals surface area contributed by atoms with Gasteiger partial charge < -0.3 is 4.74 Å². The molecule has 0 aromatic rings. The van der Waals surface area contributed by atoms with Crippen molar-refractivity contribution in [3.8, 4) is 6.07 Å². The van der Waals surface area contributed by atoms with Crippen LogP contribution < -0.4 is 0 Å². The van der Waals surface area contributed by atoms with E-state index < -0.39 is 5.97 Å². The van der Waals surface area contributed by atoms with Gasteiger partial charge in [-0.15, -0.1) is 0 Å². The van der Waals surface area contributed by atoms with E-state index in [9.17, 15) is 4.79 Å². The third-order valence-electron chi connectivity index (χ3n) is 0.529. The molecule has 9 heavy (non-hydrogen) atoms. The summed E-state index contributed by atoms with van der Waals surface area (Å²) in [5.41, 5.74) is 0. The first kappa shape index (κ1) is 11.7. The van der Waals surface area contributed by atoms with Gasteiger partial charge in [0.25, 0.3) is 0 Å². The molecule has 0 saturated carbocycles. The summed E-state index contributed by atoms with van der Waals surface area (Å²) in [5, 5.41) is 7.91. The molecule has 1 radical (unpaired) electrons. The molecule has 0 aromatic heterocycles. The summed E-state index contributed by atoms with van der Waals surface area (Å²) < 4.78 is 4.42. The minimum Gasteiger partial charge on any atom is -0.465 e. The van der Waals surface area contributed by atoms with E-state index in [2.05, 4.69) is 4.74 Å². The molecule has 0 aromatic carbocycles. The van der Waals surface area contributed by atoms with Gasteiger partial charge in [-0.25, -0.2) is 0 Å². The van der Waals surface area contributed by atoms with Crippen molar-refractivity contribution in [2.45, 2.75) is 13.3 Å². The van der Waals surface area contributed by atoms with Crippen molar-refractivity contribution in [3.63, 3.8) is 0 Å². The Morgan fingerprint density at radius 2 is 2.33 bits per heavy atom. The minimum atomic E-state index is -0.449. The normalized spacial score (nSPS) is 6.67. The Hall–Kier alpha value is -0.0400. The topological polar surface area (TPSA) is 50.1 Å². The number of nitriles is 1. The van der Waals surface area contributed by atoms with Crippen LogP contribution in [0, 0.1) is 11.3 Å². The fourth-order valence-electron chi connectivity index (χ4n) is 0.277. The van der Waals surface area contributed by atoms with Gasteiger partial charge in [0.15, 0.2) is 0 Å². The van der Waals surface area contributed by atoms with Gasteiger partial charge in [0, 0.05) is 29.6 Å². The van der Waals surface area contributed by atoms with Crippen molar-refractivity contribution in [3.05, 3.63) is 0 Å². The number of nitrogens with zero attached hydrogens (tertiary/aromatic N) is 1. The van der Waals surface area contributed by atoms with Gasteiger partial charge in [-0.1, -0.05) is 0 Å². The van der Waals surface area contributed by atoms with E-state index in [0.29, 0.717) is 6.61 Å². The molecule has 0 amide bonds. The maximum absolute atomic E-state index is 10.2. The molecular formula is C5H7NNaO2. The van der Waals surface area contributed by atoms with Crippen LogP contribution in [-0.4, -0.2) is 42.1 Å². The summed E-state index contributed by atoms with van der Waals surface area (Å²) >= 11 is 0. The molecule has 0 rings (SSSR count). The Labute approximate surface area is 76.3 Å². The quantitative estimate of drug-likeness (QED) is 0.399. The van der Waals surface area contributed by atoms with Crippen LogP contribution in [0.1, 0.15) is 13.3 Å². The standard InChI is InChI=1S/C5H7NO2.Na/c1-2-8-5(7)3-4-6;/h2-3H2,1H3;. The smallest absolute Gasteiger partial charge is 0.320 e. The van der Waals surface area contributed by atoms with Crippen LogP contribution in [0.25, 0.3) is 0 Å². The van der Waals surface area contributed by atoms with Crippen LogP contribution in [0.4, 0.5) is 0 Å². The summed E-state index contributed by atoms with van der Waals surface area (Å²) in [5.74, 6) is -0.449. The fourth-order valence-corrected chi connectivity index (χ4v) is 0.277. The molecule has 0 N–H and O–H groups in total. The summed E-state index contributed by atoms with van der Waals surface area (Å²) in [6.45, 7) is 2.05. The van der Waals surface area contributed by atoms with Gasteiger partial charge in [0.1, 0.15) is 6.42 Å². The number of carbonyl (C=O) groups excluding carboxylic acids is 1. The maximum atomic E-state index is 10.2. The van der Waals surface area contributed by atoms with Crippen LogP contribution in [-0.2, 0) is 9.53 Å². The first-order valence-electron chi connectivity index (χ1n) is 2.33. The molecule has 0 unspecified atom stereocenters. The molecule has 45 valence electrons. The second-order valence-electron chi connectivity index (χ2n) is 1.14. The van der Waals surface area contributed by atoms with Crippen molar-refractivity contribution in [1.29, 1.82) is 5.26 Å². The SMILES string of the molecule is CCOC(=O)CC#N.[Na]. The summed E-state index contributed by atoms with van der Waals surface area (Å²) in [7, 11) is 0. The Bertz CT molecular complexity index is 119. The zero-order chi connectivity index (χ0) is 6.41. The van der Waals surface area contributed by atoms with E-state index in [1.54, 1.807) is 13.0 Å². The van der Waals surface area contributed by atoms with Crippen LogP contribution in [0.5, 0.6) is 0 Å². The van der Waals surface area contributed by atoms with Crippen molar-refractivity contribution in [2.75, 3.05) is 6.61 Å². The second kappa shape index (κ2) is 7.96. The van der Waals surface area contributed by atoms with Crippen molar-refractivity contribution in [2.24, 2.45) is 0 Å².